The summed E-state index contributed by atoms with van der Waals surface area (Å²) in [6.45, 7) is 6.10. The number of benzene rings is 2. The first kappa shape index (κ1) is 27.8. The highest BCUT2D eigenvalue weighted by Gasteiger charge is 2.35. The van der Waals surface area contributed by atoms with Gasteiger partial charge in [-0.05, 0) is 51.5 Å². The number of aromatic nitrogens is 1. The lowest BCUT2D eigenvalue weighted by Crippen LogP contribution is -2.43. The van der Waals surface area contributed by atoms with Crippen molar-refractivity contribution in [3.05, 3.63) is 71.4 Å². The van der Waals surface area contributed by atoms with E-state index >= 15 is 0 Å². The number of esters is 1. The molecule has 206 valence electrons. The Morgan fingerprint density at radius 2 is 1.92 bits per heavy atom. The zero-order valence-corrected chi connectivity index (χ0v) is 22.0. The highest BCUT2D eigenvalue weighted by atomic mass is 19.1. The molecule has 2 heterocycles. The number of ether oxygens (including phenoxy) is 3. The van der Waals surface area contributed by atoms with E-state index in [2.05, 4.69) is 10.3 Å². The molecule has 0 saturated heterocycles. The highest BCUT2D eigenvalue weighted by molar-refractivity contribution is 6.07. The van der Waals surface area contributed by atoms with Gasteiger partial charge in [-0.25, -0.2) is 18.6 Å². The number of aliphatic hydroxyl groups excluding tert-OH is 1. The van der Waals surface area contributed by atoms with Crippen molar-refractivity contribution in [1.82, 2.24) is 4.98 Å². The van der Waals surface area contributed by atoms with E-state index < -0.39 is 40.9 Å². The van der Waals surface area contributed by atoms with Crippen LogP contribution in [0.1, 0.15) is 36.7 Å². The van der Waals surface area contributed by atoms with Crippen LogP contribution < -0.4 is 19.7 Å². The van der Waals surface area contributed by atoms with Crippen LogP contribution in [0.15, 0.2) is 48.7 Å². The van der Waals surface area contributed by atoms with E-state index in [1.807, 2.05) is 13.0 Å². The highest BCUT2D eigenvalue weighted by Crippen LogP contribution is 2.41. The SMILES string of the molecule is CCOC(=O)C(C)(C)Oc1c(F)cc(NC(=O)c2cccc3c2OC[C@H](CO)N3c2ccc(C)cn2)cc1F. The number of halogens is 2. The average Bonchev–Trinajstić information content (AvgIpc) is 2.90. The van der Waals surface area contributed by atoms with Crippen LogP contribution in [0.3, 0.4) is 0 Å². The molecule has 1 aliphatic rings. The number of aliphatic hydroxyl groups is 1. The number of carbonyl (C=O) groups excluding carboxylic acids is 2. The van der Waals surface area contributed by atoms with Crippen molar-refractivity contribution >= 4 is 29.1 Å². The lowest BCUT2D eigenvalue weighted by molar-refractivity contribution is -0.159. The van der Waals surface area contributed by atoms with Crippen molar-refractivity contribution in [2.45, 2.75) is 39.3 Å². The van der Waals surface area contributed by atoms with E-state index in [0.29, 0.717) is 11.5 Å². The number of nitrogens with zero attached hydrogens (tertiary/aromatic N) is 2. The van der Waals surface area contributed by atoms with Gasteiger partial charge in [-0.2, -0.15) is 0 Å². The fourth-order valence-corrected chi connectivity index (χ4v) is 4.07. The van der Waals surface area contributed by atoms with Crippen LogP contribution in [-0.2, 0) is 9.53 Å². The predicted molar refractivity (Wildman–Crippen MR) is 140 cm³/mol. The van der Waals surface area contributed by atoms with E-state index in [-0.39, 0.29) is 36.8 Å². The number of amides is 1. The molecule has 9 nitrogen and oxygen atoms in total. The summed E-state index contributed by atoms with van der Waals surface area (Å²) in [7, 11) is 0. The maximum atomic E-state index is 14.8. The molecule has 0 radical (unpaired) electrons. The number of aryl methyl sites for hydroxylation is 1. The smallest absolute Gasteiger partial charge is 0.349 e. The van der Waals surface area contributed by atoms with Crippen molar-refractivity contribution in [3.8, 4) is 11.5 Å². The van der Waals surface area contributed by atoms with Crippen LogP contribution in [0.4, 0.5) is 26.0 Å². The number of rotatable bonds is 8. The second kappa shape index (κ2) is 11.2. The molecule has 1 aromatic heterocycles. The Balaban J connectivity index is 1.61. The Labute approximate surface area is 224 Å². The van der Waals surface area contributed by atoms with E-state index in [4.69, 9.17) is 14.2 Å². The molecule has 2 aromatic carbocycles. The van der Waals surface area contributed by atoms with Crippen molar-refractivity contribution in [3.63, 3.8) is 0 Å². The zero-order chi connectivity index (χ0) is 28.3. The third-order valence-corrected chi connectivity index (χ3v) is 6.02. The Morgan fingerprint density at radius 3 is 2.54 bits per heavy atom. The van der Waals surface area contributed by atoms with Crippen LogP contribution in [0, 0.1) is 18.6 Å². The molecule has 0 aliphatic carbocycles. The predicted octanol–water partition coefficient (Wildman–Crippen LogP) is 4.53. The second-order valence-electron chi connectivity index (χ2n) is 9.42. The van der Waals surface area contributed by atoms with Crippen LogP contribution in [0.5, 0.6) is 11.5 Å². The molecular weight excluding hydrogens is 512 g/mol. The Bertz CT molecular complexity index is 1360. The lowest BCUT2D eigenvalue weighted by atomic mass is 10.1. The van der Waals surface area contributed by atoms with Crippen molar-refractivity contribution in [1.29, 1.82) is 0 Å². The molecule has 3 aromatic rings. The normalized spacial score (nSPS) is 14.7. The van der Waals surface area contributed by atoms with Gasteiger partial charge in [0.25, 0.3) is 5.91 Å². The molecule has 0 fully saturated rings. The van der Waals surface area contributed by atoms with E-state index in [1.54, 1.807) is 36.2 Å². The minimum atomic E-state index is -1.65. The molecule has 0 saturated carbocycles. The fraction of sp³-hybridized carbons (Fsp3) is 0.321. The van der Waals surface area contributed by atoms with E-state index in [0.717, 1.165) is 17.7 Å². The third-order valence-electron chi connectivity index (χ3n) is 6.02. The van der Waals surface area contributed by atoms with Gasteiger partial charge in [0.2, 0.25) is 0 Å². The van der Waals surface area contributed by atoms with Gasteiger partial charge in [-0.15, -0.1) is 0 Å². The van der Waals surface area contributed by atoms with Crippen LogP contribution in [0.2, 0.25) is 0 Å². The van der Waals surface area contributed by atoms with Gasteiger partial charge in [0.15, 0.2) is 28.7 Å². The van der Waals surface area contributed by atoms with Gasteiger partial charge in [-0.1, -0.05) is 12.1 Å². The number of carbonyl (C=O) groups is 2. The number of hydrogen-bond donors (Lipinski definition) is 2. The van der Waals surface area contributed by atoms with E-state index in [1.165, 1.54) is 19.9 Å². The second-order valence-corrected chi connectivity index (χ2v) is 9.42. The average molecular weight is 542 g/mol. The molecular formula is C28H29F2N3O6. The summed E-state index contributed by atoms with van der Waals surface area (Å²) in [5.41, 5.74) is -0.235. The summed E-state index contributed by atoms with van der Waals surface area (Å²) in [5.74, 6) is -3.67. The van der Waals surface area contributed by atoms with Gasteiger partial charge in [0.05, 0.1) is 30.5 Å². The zero-order valence-electron chi connectivity index (χ0n) is 22.0. The molecule has 0 unspecified atom stereocenters. The Morgan fingerprint density at radius 1 is 1.21 bits per heavy atom. The molecule has 1 atom stereocenters. The van der Waals surface area contributed by atoms with Gasteiger partial charge in [0, 0.05) is 24.0 Å². The summed E-state index contributed by atoms with van der Waals surface area (Å²) in [4.78, 5) is 31.5. The number of nitrogens with one attached hydrogen (secondary N) is 1. The largest absolute Gasteiger partial charge is 0.488 e. The summed E-state index contributed by atoms with van der Waals surface area (Å²) in [6, 6.07) is 9.89. The summed E-state index contributed by atoms with van der Waals surface area (Å²) >= 11 is 0. The van der Waals surface area contributed by atoms with Crippen LogP contribution >= 0.6 is 0 Å². The Kier molecular flexibility index (Phi) is 8.01. The first-order valence-corrected chi connectivity index (χ1v) is 12.3. The van der Waals surface area contributed by atoms with Crippen molar-refractivity contribution < 1.29 is 37.7 Å². The molecule has 0 bridgehead atoms. The number of para-hydroxylation sites is 1. The van der Waals surface area contributed by atoms with Crippen molar-refractivity contribution in [2.75, 3.05) is 30.0 Å². The number of pyridine rings is 1. The standard InChI is InChI=1S/C28H29F2N3O6/c1-5-37-27(36)28(3,4)39-25-20(29)11-17(12-21(25)30)32-26(35)19-7-6-8-22-24(19)38-15-18(14-34)33(22)23-10-9-16(2)13-31-23/h6-13,18,34H,5,14-15H2,1-4H3,(H,32,35)/t18-/m0/s1. The topological polar surface area (TPSA) is 110 Å². The molecule has 39 heavy (non-hydrogen) atoms. The Hall–Kier alpha value is -4.25. The van der Waals surface area contributed by atoms with Gasteiger partial charge in [0.1, 0.15) is 12.4 Å². The number of hydrogen-bond acceptors (Lipinski definition) is 8. The first-order valence-electron chi connectivity index (χ1n) is 12.3. The molecule has 2 N–H and O–H groups in total. The van der Waals surface area contributed by atoms with Gasteiger partial charge < -0.3 is 29.5 Å². The number of fused-ring (bicyclic) bond motifs is 1. The van der Waals surface area contributed by atoms with Gasteiger partial charge >= 0.3 is 5.97 Å². The maximum absolute atomic E-state index is 14.8. The quantitative estimate of drug-likeness (QED) is 0.401. The van der Waals surface area contributed by atoms with Crippen molar-refractivity contribution in [2.24, 2.45) is 0 Å². The van der Waals surface area contributed by atoms with Crippen LogP contribution in [-0.4, -0.2) is 53.4 Å². The van der Waals surface area contributed by atoms with Gasteiger partial charge in [-0.3, -0.25) is 4.79 Å². The third kappa shape index (κ3) is 5.78. The molecule has 1 aliphatic heterocycles. The fourth-order valence-electron chi connectivity index (χ4n) is 4.07. The minimum Gasteiger partial charge on any atom is -0.488 e. The summed E-state index contributed by atoms with van der Waals surface area (Å²) in [5, 5.41) is 12.4. The summed E-state index contributed by atoms with van der Waals surface area (Å²) in [6.07, 6.45) is 1.69. The molecule has 1 amide bonds. The maximum Gasteiger partial charge on any atom is 0.349 e. The van der Waals surface area contributed by atoms with Crippen LogP contribution in [0.25, 0.3) is 0 Å². The monoisotopic (exact) mass is 541 g/mol. The molecule has 4 rings (SSSR count). The number of anilines is 3. The first-order chi connectivity index (χ1) is 18.6. The summed E-state index contributed by atoms with van der Waals surface area (Å²) < 4.78 is 45.7. The molecule has 0 spiro atoms. The lowest BCUT2D eigenvalue weighted by Gasteiger charge is -2.37. The minimum absolute atomic E-state index is 0.0778. The molecule has 11 heteroatoms. The van der Waals surface area contributed by atoms with E-state index in [9.17, 15) is 23.5 Å².